The molecule has 1 aliphatic rings. The van der Waals surface area contributed by atoms with Crippen molar-refractivity contribution in [2.24, 2.45) is 0 Å². The Kier molecular flexibility index (Phi) is 7.30. The number of likely N-dealkylation sites (N-methyl/N-ethyl adjacent to an activating group) is 1. The summed E-state index contributed by atoms with van der Waals surface area (Å²) < 4.78 is 11.6. The van der Waals surface area contributed by atoms with Gasteiger partial charge in [0.15, 0.2) is 11.6 Å². The molecule has 2 N–H and O–H groups in total. The number of hydrogen-bond acceptors (Lipinski definition) is 13. The molecule has 0 aliphatic carbocycles. The quantitative estimate of drug-likeness (QED) is 0.255. The molecule has 0 unspecified atom stereocenters. The summed E-state index contributed by atoms with van der Waals surface area (Å²) in [5, 5.41) is 8.75. The summed E-state index contributed by atoms with van der Waals surface area (Å²) in [6, 6.07) is 2.37. The largest absolute Gasteiger partial charge is 0.467 e. The summed E-state index contributed by atoms with van der Waals surface area (Å²) in [6.45, 7) is 3.45. The lowest BCUT2D eigenvalue weighted by molar-refractivity contribution is 0.0705. The molecule has 37 heavy (non-hydrogen) atoms. The SMILES string of the molecule is COc1ncc(-c2nc(N3CCOCC3)c3sc(CCN(C)c4ncc(C(=O)NO)cn4)cc3n2)cn1. The lowest BCUT2D eigenvalue weighted by atomic mass is 10.2. The molecule has 0 saturated carbocycles. The van der Waals surface area contributed by atoms with Crippen molar-refractivity contribution in [3.63, 3.8) is 0 Å². The normalized spacial score (nSPS) is 13.5. The second kappa shape index (κ2) is 10.9. The van der Waals surface area contributed by atoms with Crippen LogP contribution in [0.3, 0.4) is 0 Å². The molecule has 1 fully saturated rings. The number of anilines is 2. The first kappa shape index (κ1) is 24.7. The zero-order chi connectivity index (χ0) is 25.8. The van der Waals surface area contributed by atoms with Crippen molar-refractivity contribution < 1.29 is 19.5 Å². The van der Waals surface area contributed by atoms with E-state index in [2.05, 4.69) is 30.9 Å². The monoisotopic (exact) mass is 523 g/mol. The highest BCUT2D eigenvalue weighted by molar-refractivity contribution is 7.19. The highest BCUT2D eigenvalue weighted by Crippen LogP contribution is 2.34. The van der Waals surface area contributed by atoms with Gasteiger partial charge in [0.1, 0.15) is 0 Å². The van der Waals surface area contributed by atoms with Crippen LogP contribution < -0.4 is 20.0 Å². The highest BCUT2D eigenvalue weighted by Gasteiger charge is 2.21. The van der Waals surface area contributed by atoms with Crippen molar-refractivity contribution in [2.75, 3.05) is 56.8 Å². The summed E-state index contributed by atoms with van der Waals surface area (Å²) >= 11 is 1.67. The minimum absolute atomic E-state index is 0.177. The van der Waals surface area contributed by atoms with E-state index >= 15 is 0 Å². The van der Waals surface area contributed by atoms with Crippen molar-refractivity contribution in [3.05, 3.63) is 41.3 Å². The van der Waals surface area contributed by atoms with Gasteiger partial charge in [-0.1, -0.05) is 0 Å². The molecular weight excluding hydrogens is 498 g/mol. The maximum Gasteiger partial charge on any atom is 0.316 e. The van der Waals surface area contributed by atoms with Crippen LogP contribution in [0.4, 0.5) is 11.8 Å². The Morgan fingerprint density at radius 3 is 2.57 bits per heavy atom. The van der Waals surface area contributed by atoms with Gasteiger partial charge >= 0.3 is 6.01 Å². The van der Waals surface area contributed by atoms with Crippen LogP contribution in [0.1, 0.15) is 15.2 Å². The molecule has 4 aromatic heterocycles. The number of nitrogens with one attached hydrogen (secondary N) is 1. The van der Waals surface area contributed by atoms with E-state index in [1.165, 1.54) is 19.5 Å². The number of thiophene rings is 1. The third-order valence-electron chi connectivity index (χ3n) is 5.82. The number of morpholine rings is 1. The zero-order valence-electron chi connectivity index (χ0n) is 20.3. The van der Waals surface area contributed by atoms with Crippen LogP contribution in [0.15, 0.2) is 30.9 Å². The standard InChI is InChI=1S/C23H25N9O4S/c1-31(22-24-12-15(13-25-22)21(33)30-34)4-3-16-9-17-18(37-16)20(32-5-7-36-8-6-32)29-19(28-17)14-10-26-23(35-2)27-11-14/h9-13,34H,3-8H2,1-2H3,(H,30,33). The van der Waals surface area contributed by atoms with Crippen molar-refractivity contribution in [2.45, 2.75) is 6.42 Å². The minimum atomic E-state index is -0.655. The molecule has 5 rings (SSSR count). The molecule has 0 spiro atoms. The van der Waals surface area contributed by atoms with Crippen molar-refractivity contribution in [1.29, 1.82) is 0 Å². The molecule has 192 valence electrons. The van der Waals surface area contributed by atoms with E-state index in [-0.39, 0.29) is 11.6 Å². The summed E-state index contributed by atoms with van der Waals surface area (Å²) in [5.74, 6) is 1.26. The van der Waals surface area contributed by atoms with Crippen LogP contribution in [-0.2, 0) is 11.2 Å². The Bertz CT molecular complexity index is 1380. The van der Waals surface area contributed by atoms with E-state index in [0.717, 1.165) is 40.4 Å². The fraction of sp³-hybridized carbons (Fsp3) is 0.348. The highest BCUT2D eigenvalue weighted by atomic mass is 32.1. The Morgan fingerprint density at radius 1 is 1.16 bits per heavy atom. The van der Waals surface area contributed by atoms with Gasteiger partial charge in [-0.25, -0.2) is 35.4 Å². The molecule has 4 aromatic rings. The lowest BCUT2D eigenvalue weighted by Gasteiger charge is -2.28. The predicted molar refractivity (Wildman–Crippen MR) is 136 cm³/mol. The van der Waals surface area contributed by atoms with Crippen molar-refractivity contribution >= 4 is 39.2 Å². The van der Waals surface area contributed by atoms with Crippen LogP contribution in [0.25, 0.3) is 21.6 Å². The molecule has 1 aliphatic heterocycles. The van der Waals surface area contributed by atoms with Gasteiger partial charge in [-0.3, -0.25) is 10.0 Å². The number of ether oxygens (including phenoxy) is 2. The van der Waals surface area contributed by atoms with Crippen LogP contribution in [0.2, 0.25) is 0 Å². The Labute approximate surface area is 216 Å². The average molecular weight is 524 g/mol. The molecule has 0 bridgehead atoms. The number of aromatic nitrogens is 6. The number of nitrogens with zero attached hydrogens (tertiary/aromatic N) is 8. The lowest BCUT2D eigenvalue weighted by Crippen LogP contribution is -2.36. The van der Waals surface area contributed by atoms with Crippen LogP contribution in [0.5, 0.6) is 6.01 Å². The van der Waals surface area contributed by atoms with Gasteiger partial charge in [-0.2, -0.15) is 0 Å². The van der Waals surface area contributed by atoms with Crippen molar-refractivity contribution in [1.82, 2.24) is 35.4 Å². The summed E-state index contributed by atoms with van der Waals surface area (Å²) in [5.41, 5.74) is 3.32. The predicted octanol–water partition coefficient (Wildman–Crippen LogP) is 1.58. The van der Waals surface area contributed by atoms with E-state index in [1.807, 2.05) is 11.9 Å². The number of rotatable bonds is 8. The van der Waals surface area contributed by atoms with Crippen LogP contribution >= 0.6 is 11.3 Å². The molecular formula is C23H25N9O4S. The Hall–Kier alpha value is -4.01. The number of amides is 1. The van der Waals surface area contributed by atoms with Gasteiger partial charge < -0.3 is 19.3 Å². The van der Waals surface area contributed by atoms with Gasteiger partial charge in [-0.05, 0) is 12.5 Å². The molecule has 0 atom stereocenters. The number of methoxy groups -OCH3 is 1. The summed E-state index contributed by atoms with van der Waals surface area (Å²) in [7, 11) is 3.41. The van der Waals surface area contributed by atoms with E-state index in [9.17, 15) is 4.79 Å². The van der Waals surface area contributed by atoms with E-state index in [4.69, 9.17) is 24.6 Å². The van der Waals surface area contributed by atoms with E-state index in [1.54, 1.807) is 29.2 Å². The maximum absolute atomic E-state index is 11.5. The average Bonchev–Trinajstić information content (AvgIpc) is 3.38. The van der Waals surface area contributed by atoms with E-state index in [0.29, 0.717) is 37.1 Å². The maximum atomic E-state index is 11.5. The molecule has 1 amide bonds. The number of hydroxylamine groups is 1. The number of hydrogen-bond donors (Lipinski definition) is 2. The van der Waals surface area contributed by atoms with Crippen LogP contribution in [-0.4, -0.2) is 88.0 Å². The van der Waals surface area contributed by atoms with Gasteiger partial charge in [0, 0.05) is 56.3 Å². The molecule has 0 radical (unpaired) electrons. The third-order valence-corrected chi connectivity index (χ3v) is 7.00. The van der Waals surface area contributed by atoms with E-state index < -0.39 is 5.91 Å². The fourth-order valence-electron chi connectivity index (χ4n) is 3.82. The minimum Gasteiger partial charge on any atom is -0.467 e. The fourth-order valence-corrected chi connectivity index (χ4v) is 4.92. The Morgan fingerprint density at radius 2 is 1.89 bits per heavy atom. The van der Waals surface area contributed by atoms with Crippen molar-refractivity contribution in [3.8, 4) is 17.4 Å². The van der Waals surface area contributed by atoms with Gasteiger partial charge in [0.25, 0.3) is 5.91 Å². The van der Waals surface area contributed by atoms with Gasteiger partial charge in [0.05, 0.1) is 41.7 Å². The first-order chi connectivity index (χ1) is 18.1. The molecule has 1 saturated heterocycles. The summed E-state index contributed by atoms with van der Waals surface area (Å²) in [4.78, 5) is 43.3. The molecule has 13 nitrogen and oxygen atoms in total. The third kappa shape index (κ3) is 5.40. The number of fused-ring (bicyclic) bond motifs is 1. The first-order valence-electron chi connectivity index (χ1n) is 11.5. The topological polar surface area (TPSA) is 152 Å². The second-order valence-corrected chi connectivity index (χ2v) is 9.38. The first-order valence-corrected chi connectivity index (χ1v) is 12.3. The van der Waals surface area contributed by atoms with Gasteiger partial charge in [0.2, 0.25) is 5.95 Å². The smallest absolute Gasteiger partial charge is 0.316 e. The number of carbonyl (C=O) groups is 1. The van der Waals surface area contributed by atoms with Crippen LogP contribution in [0, 0.1) is 0 Å². The molecule has 5 heterocycles. The zero-order valence-corrected chi connectivity index (χ0v) is 21.1. The van der Waals surface area contributed by atoms with Gasteiger partial charge in [-0.15, -0.1) is 11.3 Å². The number of carbonyl (C=O) groups excluding carboxylic acids is 1. The summed E-state index contributed by atoms with van der Waals surface area (Å²) in [6.07, 6.45) is 6.81. The Balaban J connectivity index is 1.40. The molecule has 0 aromatic carbocycles. The molecule has 14 heteroatoms. The second-order valence-electron chi connectivity index (χ2n) is 8.24.